The topological polar surface area (TPSA) is 75.7 Å². The van der Waals surface area contributed by atoms with Crippen LogP contribution in [0.25, 0.3) is 0 Å². The number of halogens is 2. The number of carbonyl (C=O) groups is 1. The molecule has 0 atom stereocenters. The van der Waals surface area contributed by atoms with Gasteiger partial charge in [0.25, 0.3) is 10.0 Å². The maximum atomic E-state index is 13.6. The van der Waals surface area contributed by atoms with Crippen molar-refractivity contribution in [3.8, 4) is 5.75 Å². The molecule has 0 unspecified atom stereocenters. The van der Waals surface area contributed by atoms with Crippen LogP contribution in [0.1, 0.15) is 12.5 Å². The highest BCUT2D eigenvalue weighted by Crippen LogP contribution is 2.29. The molecule has 0 aromatic heterocycles. The molecule has 198 valence electrons. The van der Waals surface area contributed by atoms with Crippen LogP contribution in [0, 0.1) is 0 Å². The predicted molar refractivity (Wildman–Crippen MR) is 156 cm³/mol. The van der Waals surface area contributed by atoms with Gasteiger partial charge in [0.1, 0.15) is 12.3 Å². The zero-order chi connectivity index (χ0) is 26.8. The summed E-state index contributed by atoms with van der Waals surface area (Å²) >= 11 is 15.5. The Morgan fingerprint density at radius 2 is 1.65 bits per heavy atom. The number of carbonyl (C=O) groups excluding carboxylic acids is 1. The fourth-order valence-electron chi connectivity index (χ4n) is 3.36. The zero-order valence-corrected chi connectivity index (χ0v) is 24.4. The molecular weight excluding hydrogens is 571 g/mol. The quantitative estimate of drug-likeness (QED) is 0.182. The normalized spacial score (nSPS) is 11.2. The Bertz CT molecular complexity index is 1270. The van der Waals surface area contributed by atoms with Gasteiger partial charge in [-0.05, 0) is 79.4 Å². The molecule has 0 spiro atoms. The summed E-state index contributed by atoms with van der Waals surface area (Å²) in [7, 11) is -3.99. The van der Waals surface area contributed by atoms with Crippen molar-refractivity contribution in [1.29, 1.82) is 0 Å². The highest BCUT2D eigenvalue weighted by Gasteiger charge is 2.27. The molecule has 6 nitrogen and oxygen atoms in total. The highest BCUT2D eigenvalue weighted by molar-refractivity contribution is 7.98. The summed E-state index contributed by atoms with van der Waals surface area (Å²) in [5.74, 6) is 1.43. The molecule has 0 saturated heterocycles. The summed E-state index contributed by atoms with van der Waals surface area (Å²) in [4.78, 5) is 13.9. The molecule has 0 aliphatic heterocycles. The SMILES string of the molecule is CCOc1ccc(N(CC(=O)NCCSCc2c(Cl)cccc2Cl)S(=O)(=O)c2ccc(SC)cc2)cc1. The third-order valence-corrected chi connectivity index (χ3v) is 9.47. The van der Waals surface area contributed by atoms with Gasteiger partial charge in [-0.25, -0.2) is 8.42 Å². The predicted octanol–water partition coefficient (Wildman–Crippen LogP) is 6.36. The molecule has 0 heterocycles. The van der Waals surface area contributed by atoms with Crippen molar-refractivity contribution >= 4 is 68.3 Å². The Kier molecular flexibility index (Phi) is 11.3. The van der Waals surface area contributed by atoms with E-state index < -0.39 is 15.9 Å². The third-order valence-electron chi connectivity index (χ3n) is 5.25. The molecule has 3 rings (SSSR count). The minimum Gasteiger partial charge on any atom is -0.494 e. The van der Waals surface area contributed by atoms with Crippen LogP contribution >= 0.6 is 46.7 Å². The van der Waals surface area contributed by atoms with Gasteiger partial charge in [0.15, 0.2) is 0 Å². The second-order valence-electron chi connectivity index (χ2n) is 7.72. The standard InChI is InChI=1S/C26H28Cl2N2O4S3/c1-3-34-20-9-7-19(8-10-20)30(37(32,33)22-13-11-21(35-2)12-14-22)17-26(31)29-15-16-36-18-23-24(27)5-4-6-25(23)28/h4-14H,3,15-18H2,1-2H3,(H,29,31). The van der Waals surface area contributed by atoms with E-state index in [1.165, 1.54) is 11.8 Å². The van der Waals surface area contributed by atoms with Crippen molar-refractivity contribution in [2.24, 2.45) is 0 Å². The average Bonchev–Trinajstić information content (AvgIpc) is 2.89. The van der Waals surface area contributed by atoms with E-state index in [-0.39, 0.29) is 11.4 Å². The lowest BCUT2D eigenvalue weighted by Gasteiger charge is -2.24. The number of thioether (sulfide) groups is 2. The first-order valence-corrected chi connectivity index (χ1v) is 16.0. The molecule has 0 aliphatic carbocycles. The first kappa shape index (κ1) is 29.5. The number of anilines is 1. The van der Waals surface area contributed by atoms with Crippen LogP contribution in [0.5, 0.6) is 5.75 Å². The second-order valence-corrected chi connectivity index (χ2v) is 12.4. The number of amides is 1. The molecule has 37 heavy (non-hydrogen) atoms. The van der Waals surface area contributed by atoms with E-state index in [1.54, 1.807) is 78.5 Å². The Morgan fingerprint density at radius 1 is 1.00 bits per heavy atom. The van der Waals surface area contributed by atoms with E-state index in [2.05, 4.69) is 5.32 Å². The van der Waals surface area contributed by atoms with Gasteiger partial charge in [-0.1, -0.05) is 29.3 Å². The lowest BCUT2D eigenvalue weighted by Crippen LogP contribution is -2.41. The van der Waals surface area contributed by atoms with Crippen LogP contribution in [0.3, 0.4) is 0 Å². The molecule has 0 bridgehead atoms. The lowest BCUT2D eigenvalue weighted by atomic mass is 10.2. The van der Waals surface area contributed by atoms with Gasteiger partial charge in [-0.15, -0.1) is 11.8 Å². The number of hydrogen-bond donors (Lipinski definition) is 1. The van der Waals surface area contributed by atoms with Gasteiger partial charge in [0, 0.05) is 33.0 Å². The van der Waals surface area contributed by atoms with E-state index in [9.17, 15) is 13.2 Å². The van der Waals surface area contributed by atoms with Crippen LogP contribution < -0.4 is 14.4 Å². The number of hydrogen-bond acceptors (Lipinski definition) is 6. The minimum atomic E-state index is -3.99. The van der Waals surface area contributed by atoms with Crippen LogP contribution in [0.4, 0.5) is 5.69 Å². The summed E-state index contributed by atoms with van der Waals surface area (Å²) in [5.41, 5.74) is 1.22. The number of nitrogens with one attached hydrogen (secondary N) is 1. The maximum absolute atomic E-state index is 13.6. The molecule has 11 heteroatoms. The smallest absolute Gasteiger partial charge is 0.264 e. The molecule has 3 aromatic rings. The van der Waals surface area contributed by atoms with Crippen LogP contribution in [-0.4, -0.2) is 46.0 Å². The van der Waals surface area contributed by atoms with Crippen molar-refractivity contribution in [2.45, 2.75) is 22.5 Å². The monoisotopic (exact) mass is 598 g/mol. The van der Waals surface area contributed by atoms with E-state index >= 15 is 0 Å². The molecule has 0 saturated carbocycles. The summed E-state index contributed by atoms with van der Waals surface area (Å²) in [6.07, 6.45) is 1.92. The summed E-state index contributed by atoms with van der Waals surface area (Å²) in [6, 6.07) is 18.6. The van der Waals surface area contributed by atoms with Gasteiger partial charge in [-0.3, -0.25) is 9.10 Å². The molecular formula is C26H28Cl2N2O4S3. The Morgan fingerprint density at radius 3 is 2.24 bits per heavy atom. The van der Waals surface area contributed by atoms with Crippen LogP contribution in [0.2, 0.25) is 10.0 Å². The third kappa shape index (κ3) is 8.22. The number of sulfonamides is 1. The van der Waals surface area contributed by atoms with E-state index in [4.69, 9.17) is 27.9 Å². The summed E-state index contributed by atoms with van der Waals surface area (Å²) < 4.78 is 33.7. The molecule has 0 aliphatic rings. The zero-order valence-electron chi connectivity index (χ0n) is 20.4. The minimum absolute atomic E-state index is 0.110. The van der Waals surface area contributed by atoms with E-state index in [1.807, 2.05) is 13.2 Å². The van der Waals surface area contributed by atoms with Crippen LogP contribution in [-0.2, 0) is 20.6 Å². The molecule has 0 fully saturated rings. The number of ether oxygens (including phenoxy) is 1. The Balaban J connectivity index is 1.68. The summed E-state index contributed by atoms with van der Waals surface area (Å²) in [6.45, 7) is 2.37. The first-order chi connectivity index (χ1) is 17.8. The van der Waals surface area contributed by atoms with Gasteiger partial charge >= 0.3 is 0 Å². The largest absolute Gasteiger partial charge is 0.494 e. The van der Waals surface area contributed by atoms with Crippen molar-refractivity contribution in [3.05, 3.63) is 82.3 Å². The van der Waals surface area contributed by atoms with E-state index in [0.717, 1.165) is 14.8 Å². The van der Waals surface area contributed by atoms with Gasteiger partial charge in [-0.2, -0.15) is 11.8 Å². The first-order valence-electron chi connectivity index (χ1n) is 11.4. The average molecular weight is 600 g/mol. The molecule has 0 radical (unpaired) electrons. The van der Waals surface area contributed by atoms with Crippen LogP contribution in [0.15, 0.2) is 76.5 Å². The molecule has 3 aromatic carbocycles. The van der Waals surface area contributed by atoms with Gasteiger partial charge in [0.05, 0.1) is 17.2 Å². The second kappa shape index (κ2) is 14.2. The van der Waals surface area contributed by atoms with E-state index in [0.29, 0.717) is 46.1 Å². The van der Waals surface area contributed by atoms with Gasteiger partial charge < -0.3 is 10.1 Å². The van der Waals surface area contributed by atoms with Crippen molar-refractivity contribution in [1.82, 2.24) is 5.32 Å². The maximum Gasteiger partial charge on any atom is 0.264 e. The number of benzene rings is 3. The van der Waals surface area contributed by atoms with Gasteiger partial charge in [0.2, 0.25) is 5.91 Å². The highest BCUT2D eigenvalue weighted by atomic mass is 35.5. The Hall–Kier alpha value is -2.04. The number of nitrogens with zero attached hydrogens (tertiary/aromatic N) is 1. The lowest BCUT2D eigenvalue weighted by molar-refractivity contribution is -0.119. The summed E-state index contributed by atoms with van der Waals surface area (Å²) in [5, 5.41) is 4.02. The van der Waals surface area contributed by atoms with Crippen molar-refractivity contribution in [3.63, 3.8) is 0 Å². The molecule has 1 amide bonds. The fourth-order valence-corrected chi connectivity index (χ4v) is 6.78. The fraction of sp³-hybridized carbons (Fsp3) is 0.269. The molecule has 1 N–H and O–H groups in total. The van der Waals surface area contributed by atoms with Crippen molar-refractivity contribution < 1.29 is 17.9 Å². The van der Waals surface area contributed by atoms with Crippen molar-refractivity contribution in [2.75, 3.05) is 36.0 Å². The Labute approximate surface area is 237 Å². The number of rotatable bonds is 13.